The minimum absolute atomic E-state index is 0.184. The Labute approximate surface area is 184 Å². The SMILES string of the molecule is CN=C(NCc1ccc(C)cc1Oc1ccccc1)NCC(c1cnn(C)c1)N(C)C. The second kappa shape index (κ2) is 10.6. The zero-order chi connectivity index (χ0) is 22.2. The first-order chi connectivity index (χ1) is 15.0. The molecule has 1 aromatic heterocycles. The van der Waals surface area contributed by atoms with Crippen molar-refractivity contribution in [1.29, 1.82) is 0 Å². The van der Waals surface area contributed by atoms with E-state index in [4.69, 9.17) is 4.74 Å². The fraction of sp³-hybridized carbons (Fsp3) is 0.333. The van der Waals surface area contributed by atoms with E-state index >= 15 is 0 Å². The highest BCUT2D eigenvalue weighted by Crippen LogP contribution is 2.26. The van der Waals surface area contributed by atoms with Crippen molar-refractivity contribution in [3.8, 4) is 11.5 Å². The fourth-order valence-corrected chi connectivity index (χ4v) is 3.32. The van der Waals surface area contributed by atoms with Crippen molar-refractivity contribution in [2.75, 3.05) is 27.7 Å². The lowest BCUT2D eigenvalue weighted by molar-refractivity contribution is 0.298. The zero-order valence-corrected chi connectivity index (χ0v) is 19.0. The van der Waals surface area contributed by atoms with Crippen molar-refractivity contribution in [2.45, 2.75) is 19.5 Å². The summed E-state index contributed by atoms with van der Waals surface area (Å²) in [6.07, 6.45) is 3.95. The van der Waals surface area contributed by atoms with Crippen molar-refractivity contribution in [2.24, 2.45) is 12.0 Å². The van der Waals surface area contributed by atoms with Gasteiger partial charge in [0.2, 0.25) is 0 Å². The lowest BCUT2D eigenvalue weighted by Crippen LogP contribution is -2.41. The van der Waals surface area contributed by atoms with Gasteiger partial charge >= 0.3 is 0 Å². The molecule has 3 aromatic rings. The van der Waals surface area contributed by atoms with Crippen LogP contribution in [-0.4, -0.2) is 48.3 Å². The summed E-state index contributed by atoms with van der Waals surface area (Å²) in [7, 11) is 7.84. The Hall–Kier alpha value is -3.32. The van der Waals surface area contributed by atoms with E-state index in [0.29, 0.717) is 13.1 Å². The van der Waals surface area contributed by atoms with Crippen LogP contribution in [0.5, 0.6) is 11.5 Å². The van der Waals surface area contributed by atoms with Gasteiger partial charge < -0.3 is 20.3 Å². The molecule has 2 aromatic carbocycles. The van der Waals surface area contributed by atoms with Crippen molar-refractivity contribution in [3.05, 3.63) is 77.6 Å². The normalized spacial score (nSPS) is 12.6. The molecular weight excluding hydrogens is 388 g/mol. The minimum atomic E-state index is 0.184. The van der Waals surface area contributed by atoms with Crippen LogP contribution in [0, 0.1) is 6.92 Å². The van der Waals surface area contributed by atoms with Gasteiger partial charge in [-0.1, -0.05) is 30.3 Å². The third kappa shape index (κ3) is 6.33. The van der Waals surface area contributed by atoms with Gasteiger partial charge in [0.05, 0.1) is 12.2 Å². The van der Waals surface area contributed by atoms with E-state index in [1.807, 2.05) is 54.5 Å². The number of aromatic nitrogens is 2. The molecule has 0 amide bonds. The first-order valence-corrected chi connectivity index (χ1v) is 10.4. The van der Waals surface area contributed by atoms with Gasteiger partial charge in [-0.3, -0.25) is 9.67 Å². The summed E-state index contributed by atoms with van der Waals surface area (Å²) in [4.78, 5) is 6.55. The maximum atomic E-state index is 6.13. The predicted molar refractivity (Wildman–Crippen MR) is 126 cm³/mol. The summed E-state index contributed by atoms with van der Waals surface area (Å²) in [6, 6.07) is 16.3. The molecule has 164 valence electrons. The van der Waals surface area contributed by atoms with Gasteiger partial charge in [0.1, 0.15) is 11.5 Å². The van der Waals surface area contributed by atoms with Crippen LogP contribution in [0.2, 0.25) is 0 Å². The molecule has 31 heavy (non-hydrogen) atoms. The van der Waals surface area contributed by atoms with Gasteiger partial charge in [-0.2, -0.15) is 5.10 Å². The molecule has 2 N–H and O–H groups in total. The topological polar surface area (TPSA) is 66.7 Å². The number of ether oxygens (including phenoxy) is 1. The molecule has 0 spiro atoms. The lowest BCUT2D eigenvalue weighted by atomic mass is 10.1. The predicted octanol–water partition coefficient (Wildman–Crippen LogP) is 3.49. The molecular formula is C24H32N6O. The average Bonchev–Trinajstić information content (AvgIpc) is 3.18. The first kappa shape index (κ1) is 22.4. The van der Waals surface area contributed by atoms with Gasteiger partial charge in [-0.15, -0.1) is 0 Å². The number of benzene rings is 2. The van der Waals surface area contributed by atoms with E-state index in [-0.39, 0.29) is 6.04 Å². The molecule has 7 nitrogen and oxygen atoms in total. The molecule has 0 saturated carbocycles. The number of guanidine groups is 1. The molecule has 0 aliphatic rings. The fourth-order valence-electron chi connectivity index (χ4n) is 3.32. The molecule has 0 aliphatic heterocycles. The van der Waals surface area contributed by atoms with Crippen LogP contribution in [0.1, 0.15) is 22.7 Å². The third-order valence-electron chi connectivity index (χ3n) is 5.06. The van der Waals surface area contributed by atoms with Crippen LogP contribution in [0.25, 0.3) is 0 Å². The summed E-state index contributed by atoms with van der Waals surface area (Å²) >= 11 is 0. The lowest BCUT2D eigenvalue weighted by Gasteiger charge is -2.24. The quantitative estimate of drug-likeness (QED) is 0.431. The Morgan fingerprint density at radius 3 is 2.58 bits per heavy atom. The van der Waals surface area contributed by atoms with Crippen LogP contribution >= 0.6 is 0 Å². The number of nitrogens with zero attached hydrogens (tertiary/aromatic N) is 4. The van der Waals surface area contributed by atoms with Crippen molar-refractivity contribution >= 4 is 5.96 Å². The molecule has 1 unspecified atom stereocenters. The molecule has 0 saturated heterocycles. The highest BCUT2D eigenvalue weighted by molar-refractivity contribution is 5.79. The number of nitrogens with one attached hydrogen (secondary N) is 2. The Morgan fingerprint density at radius 2 is 1.94 bits per heavy atom. The van der Waals surface area contributed by atoms with Gasteiger partial charge in [-0.05, 0) is 44.8 Å². The summed E-state index contributed by atoms with van der Waals surface area (Å²) in [6.45, 7) is 3.37. The Kier molecular flexibility index (Phi) is 7.67. The summed E-state index contributed by atoms with van der Waals surface area (Å²) in [5.74, 6) is 2.40. The molecule has 1 heterocycles. The number of hydrogen-bond donors (Lipinski definition) is 2. The van der Waals surface area contributed by atoms with Gasteiger partial charge in [0, 0.05) is 44.5 Å². The summed E-state index contributed by atoms with van der Waals surface area (Å²) in [5.41, 5.74) is 3.38. The number of para-hydroxylation sites is 1. The number of likely N-dealkylation sites (N-methyl/N-ethyl adjacent to an activating group) is 1. The number of aryl methyl sites for hydroxylation is 2. The number of hydrogen-bond acceptors (Lipinski definition) is 4. The Bertz CT molecular complexity index is 996. The van der Waals surface area contributed by atoms with Gasteiger partial charge in [0.15, 0.2) is 5.96 Å². The molecule has 7 heteroatoms. The van der Waals surface area contributed by atoms with E-state index in [2.05, 4.69) is 64.8 Å². The molecule has 1 atom stereocenters. The monoisotopic (exact) mass is 420 g/mol. The summed E-state index contributed by atoms with van der Waals surface area (Å²) < 4.78 is 7.95. The first-order valence-electron chi connectivity index (χ1n) is 10.4. The van der Waals surface area contributed by atoms with E-state index < -0.39 is 0 Å². The van der Waals surface area contributed by atoms with Crippen LogP contribution < -0.4 is 15.4 Å². The highest BCUT2D eigenvalue weighted by atomic mass is 16.5. The minimum Gasteiger partial charge on any atom is -0.457 e. The smallest absolute Gasteiger partial charge is 0.191 e. The number of aliphatic imine (C=N–C) groups is 1. The van der Waals surface area contributed by atoms with Crippen molar-refractivity contribution in [3.63, 3.8) is 0 Å². The van der Waals surface area contributed by atoms with Crippen LogP contribution in [0.4, 0.5) is 0 Å². The van der Waals surface area contributed by atoms with Crippen molar-refractivity contribution in [1.82, 2.24) is 25.3 Å². The van der Waals surface area contributed by atoms with Crippen LogP contribution in [-0.2, 0) is 13.6 Å². The third-order valence-corrected chi connectivity index (χ3v) is 5.06. The van der Waals surface area contributed by atoms with E-state index in [0.717, 1.165) is 34.1 Å². The molecule has 0 fully saturated rings. The standard InChI is InChI=1S/C24H32N6O/c1-18-11-12-19(23(13-18)31-21-9-7-6-8-10-21)14-26-24(25-2)27-16-22(29(3)4)20-15-28-30(5)17-20/h6-13,15,17,22H,14,16H2,1-5H3,(H2,25,26,27). The second-order valence-electron chi connectivity index (χ2n) is 7.76. The maximum Gasteiger partial charge on any atom is 0.191 e. The molecule has 0 radical (unpaired) electrons. The van der Waals surface area contributed by atoms with Crippen molar-refractivity contribution < 1.29 is 4.74 Å². The number of rotatable bonds is 8. The molecule has 0 bridgehead atoms. The van der Waals surface area contributed by atoms with E-state index in [1.165, 1.54) is 0 Å². The highest BCUT2D eigenvalue weighted by Gasteiger charge is 2.16. The van der Waals surface area contributed by atoms with Crippen LogP contribution in [0.3, 0.4) is 0 Å². The maximum absolute atomic E-state index is 6.13. The van der Waals surface area contributed by atoms with E-state index in [9.17, 15) is 0 Å². The zero-order valence-electron chi connectivity index (χ0n) is 19.0. The summed E-state index contributed by atoms with van der Waals surface area (Å²) in [5, 5.41) is 11.1. The van der Waals surface area contributed by atoms with E-state index in [1.54, 1.807) is 7.05 Å². The molecule has 0 aliphatic carbocycles. The Morgan fingerprint density at radius 1 is 1.16 bits per heavy atom. The Balaban J connectivity index is 1.64. The second-order valence-corrected chi connectivity index (χ2v) is 7.76. The van der Waals surface area contributed by atoms with Gasteiger partial charge in [0.25, 0.3) is 0 Å². The average molecular weight is 421 g/mol. The molecule has 3 rings (SSSR count). The van der Waals surface area contributed by atoms with Crippen LogP contribution in [0.15, 0.2) is 65.9 Å². The largest absolute Gasteiger partial charge is 0.457 e. The van der Waals surface area contributed by atoms with Gasteiger partial charge in [-0.25, -0.2) is 0 Å².